The maximum absolute atomic E-state index is 13.9. The van der Waals surface area contributed by atoms with Crippen molar-refractivity contribution in [3.8, 4) is 6.07 Å². The summed E-state index contributed by atoms with van der Waals surface area (Å²) >= 11 is 5.84. The van der Waals surface area contributed by atoms with Crippen molar-refractivity contribution < 1.29 is 4.39 Å². The van der Waals surface area contributed by atoms with Gasteiger partial charge in [-0.05, 0) is 30.7 Å². The van der Waals surface area contributed by atoms with Gasteiger partial charge in [-0.1, -0.05) is 35.9 Å². The van der Waals surface area contributed by atoms with Gasteiger partial charge in [0.15, 0.2) is 0 Å². The second-order valence-electron chi connectivity index (χ2n) is 4.54. The van der Waals surface area contributed by atoms with E-state index in [1.54, 1.807) is 12.1 Å². The quantitative estimate of drug-likeness (QED) is 0.915. The van der Waals surface area contributed by atoms with E-state index in [-0.39, 0.29) is 11.6 Å². The van der Waals surface area contributed by atoms with Gasteiger partial charge < -0.3 is 5.32 Å². The minimum absolute atomic E-state index is 0.0670. The van der Waals surface area contributed by atoms with Crippen LogP contribution in [0.5, 0.6) is 0 Å². The lowest BCUT2D eigenvalue weighted by atomic mass is 10.1. The first-order valence-corrected chi connectivity index (χ1v) is 6.66. The highest BCUT2D eigenvalue weighted by Gasteiger charge is 2.09. The van der Waals surface area contributed by atoms with Crippen molar-refractivity contribution in [2.24, 2.45) is 0 Å². The maximum atomic E-state index is 13.9. The molecule has 0 saturated carbocycles. The molecule has 0 aromatic heterocycles. The van der Waals surface area contributed by atoms with E-state index in [0.29, 0.717) is 17.1 Å². The number of nitrogens with one attached hydrogen (secondary N) is 1. The summed E-state index contributed by atoms with van der Waals surface area (Å²) in [6.07, 6.45) is 0. The number of nitrogens with zero attached hydrogens (tertiary/aromatic N) is 1. The monoisotopic (exact) mass is 288 g/mol. The van der Waals surface area contributed by atoms with Gasteiger partial charge in [-0.15, -0.1) is 0 Å². The van der Waals surface area contributed by atoms with Crippen molar-refractivity contribution in [3.05, 3.63) is 70.0 Å². The Bertz CT molecular complexity index is 632. The Hall–Kier alpha value is -1.89. The van der Waals surface area contributed by atoms with Gasteiger partial charge in [-0.2, -0.15) is 5.26 Å². The number of nitriles is 1. The van der Waals surface area contributed by atoms with Crippen LogP contribution in [0.4, 0.5) is 4.39 Å². The minimum atomic E-state index is -0.453. The summed E-state index contributed by atoms with van der Waals surface area (Å²) in [5.74, 6) is -0.453. The Morgan fingerprint density at radius 3 is 2.60 bits per heavy atom. The summed E-state index contributed by atoms with van der Waals surface area (Å²) in [6, 6.07) is 14.3. The molecule has 4 heteroatoms. The molecule has 0 saturated heterocycles. The van der Waals surface area contributed by atoms with E-state index in [1.807, 2.05) is 37.3 Å². The Balaban J connectivity index is 2.05. The van der Waals surface area contributed by atoms with Crippen LogP contribution in [0.3, 0.4) is 0 Å². The van der Waals surface area contributed by atoms with Crippen molar-refractivity contribution >= 4 is 11.6 Å². The van der Waals surface area contributed by atoms with Gasteiger partial charge >= 0.3 is 0 Å². The van der Waals surface area contributed by atoms with Crippen molar-refractivity contribution in [1.82, 2.24) is 5.32 Å². The van der Waals surface area contributed by atoms with E-state index in [4.69, 9.17) is 16.9 Å². The Morgan fingerprint density at radius 2 is 1.95 bits per heavy atom. The zero-order valence-corrected chi connectivity index (χ0v) is 11.8. The van der Waals surface area contributed by atoms with Crippen molar-refractivity contribution in [2.75, 3.05) is 0 Å². The highest BCUT2D eigenvalue weighted by molar-refractivity contribution is 6.30. The predicted octanol–water partition coefficient (Wildman–Crippen LogP) is 4.20. The Kier molecular flexibility index (Phi) is 4.73. The summed E-state index contributed by atoms with van der Waals surface area (Å²) in [4.78, 5) is 0. The summed E-state index contributed by atoms with van der Waals surface area (Å²) in [7, 11) is 0. The van der Waals surface area contributed by atoms with Gasteiger partial charge in [0, 0.05) is 23.2 Å². The third-order valence-electron chi connectivity index (χ3n) is 3.17. The third kappa shape index (κ3) is 3.36. The number of halogens is 2. The molecule has 102 valence electrons. The van der Waals surface area contributed by atoms with Gasteiger partial charge in [0.1, 0.15) is 11.9 Å². The van der Waals surface area contributed by atoms with E-state index in [9.17, 15) is 4.39 Å². The second kappa shape index (κ2) is 6.51. The van der Waals surface area contributed by atoms with Crippen molar-refractivity contribution in [3.63, 3.8) is 0 Å². The van der Waals surface area contributed by atoms with Crippen LogP contribution in [0.15, 0.2) is 42.5 Å². The molecule has 0 aliphatic heterocycles. The smallest absolute Gasteiger partial charge is 0.145 e. The second-order valence-corrected chi connectivity index (χ2v) is 4.98. The summed E-state index contributed by atoms with van der Waals surface area (Å²) in [5.41, 5.74) is 1.64. The van der Waals surface area contributed by atoms with Crippen LogP contribution >= 0.6 is 11.6 Å². The largest absolute Gasteiger partial charge is 0.306 e. The lowest BCUT2D eigenvalue weighted by molar-refractivity contribution is 0.543. The number of benzene rings is 2. The molecule has 2 aromatic rings. The summed E-state index contributed by atoms with van der Waals surface area (Å²) in [5, 5.41) is 12.7. The maximum Gasteiger partial charge on any atom is 0.145 e. The van der Waals surface area contributed by atoms with E-state index >= 15 is 0 Å². The third-order valence-corrected chi connectivity index (χ3v) is 3.42. The van der Waals surface area contributed by atoms with Crippen LogP contribution in [-0.2, 0) is 6.54 Å². The van der Waals surface area contributed by atoms with E-state index in [1.165, 1.54) is 6.07 Å². The first kappa shape index (κ1) is 14.5. The molecule has 2 rings (SSSR count). The molecule has 0 aliphatic carbocycles. The molecular formula is C16H14ClFN2. The molecule has 0 aliphatic rings. The van der Waals surface area contributed by atoms with Crippen molar-refractivity contribution in [1.29, 1.82) is 5.26 Å². The van der Waals surface area contributed by atoms with Crippen LogP contribution < -0.4 is 5.32 Å². The van der Waals surface area contributed by atoms with Crippen LogP contribution in [0, 0.1) is 17.1 Å². The standard InChI is InChI=1S/C16H14ClFN2/c1-11(12-5-7-15(17)8-6-12)20-10-14-4-2-3-13(9-19)16(14)18/h2-8,11,20H,10H2,1H3/t11-/m1/s1. The fourth-order valence-electron chi connectivity index (χ4n) is 1.94. The Labute approximate surface area is 122 Å². The molecule has 0 heterocycles. The SMILES string of the molecule is C[C@@H](NCc1cccc(C#N)c1F)c1ccc(Cl)cc1. The van der Waals surface area contributed by atoms with Gasteiger partial charge in [-0.3, -0.25) is 0 Å². The molecule has 2 aromatic carbocycles. The normalized spacial score (nSPS) is 11.9. The lowest BCUT2D eigenvalue weighted by Crippen LogP contribution is -2.19. The number of rotatable bonds is 4. The molecular weight excluding hydrogens is 275 g/mol. The molecule has 0 radical (unpaired) electrons. The zero-order valence-electron chi connectivity index (χ0n) is 11.0. The molecule has 20 heavy (non-hydrogen) atoms. The lowest BCUT2D eigenvalue weighted by Gasteiger charge is -2.15. The topological polar surface area (TPSA) is 35.8 Å². The van der Waals surface area contributed by atoms with Crippen LogP contribution in [-0.4, -0.2) is 0 Å². The minimum Gasteiger partial charge on any atom is -0.306 e. The molecule has 0 unspecified atom stereocenters. The molecule has 0 amide bonds. The van der Waals surface area contributed by atoms with Gasteiger partial charge in [-0.25, -0.2) is 4.39 Å². The summed E-state index contributed by atoms with van der Waals surface area (Å²) in [6.45, 7) is 2.36. The van der Waals surface area contributed by atoms with E-state index in [2.05, 4.69) is 5.32 Å². The predicted molar refractivity (Wildman–Crippen MR) is 77.8 cm³/mol. The van der Waals surface area contributed by atoms with Gasteiger partial charge in [0.05, 0.1) is 5.56 Å². The molecule has 2 nitrogen and oxygen atoms in total. The number of hydrogen-bond donors (Lipinski definition) is 1. The molecule has 1 N–H and O–H groups in total. The Morgan fingerprint density at radius 1 is 1.25 bits per heavy atom. The average Bonchev–Trinajstić information content (AvgIpc) is 2.46. The van der Waals surface area contributed by atoms with Crippen molar-refractivity contribution in [2.45, 2.75) is 19.5 Å². The highest BCUT2D eigenvalue weighted by atomic mass is 35.5. The first-order valence-electron chi connectivity index (χ1n) is 6.28. The highest BCUT2D eigenvalue weighted by Crippen LogP contribution is 2.18. The molecule has 1 atom stereocenters. The van der Waals surface area contributed by atoms with E-state index in [0.717, 1.165) is 5.56 Å². The fourth-order valence-corrected chi connectivity index (χ4v) is 2.06. The van der Waals surface area contributed by atoms with Gasteiger partial charge in [0.2, 0.25) is 0 Å². The van der Waals surface area contributed by atoms with Gasteiger partial charge in [0.25, 0.3) is 0 Å². The van der Waals surface area contributed by atoms with Crippen LogP contribution in [0.1, 0.15) is 29.7 Å². The fraction of sp³-hybridized carbons (Fsp3) is 0.188. The molecule has 0 bridgehead atoms. The average molecular weight is 289 g/mol. The molecule has 0 spiro atoms. The number of hydrogen-bond acceptors (Lipinski definition) is 2. The summed E-state index contributed by atoms with van der Waals surface area (Å²) < 4.78 is 13.9. The van der Waals surface area contributed by atoms with Crippen LogP contribution in [0.25, 0.3) is 0 Å². The first-order chi connectivity index (χ1) is 9.61. The van der Waals surface area contributed by atoms with Crippen LogP contribution in [0.2, 0.25) is 5.02 Å². The van der Waals surface area contributed by atoms with E-state index < -0.39 is 5.82 Å². The molecule has 0 fully saturated rings. The zero-order chi connectivity index (χ0) is 14.5.